The summed E-state index contributed by atoms with van der Waals surface area (Å²) >= 11 is 1.77. The van der Waals surface area contributed by atoms with E-state index >= 15 is 0 Å². The third kappa shape index (κ3) is 4.36. The van der Waals surface area contributed by atoms with Gasteiger partial charge < -0.3 is 5.32 Å². The second kappa shape index (κ2) is 6.81. The fraction of sp³-hybridized carbons (Fsp3) is 0.278. The van der Waals surface area contributed by atoms with Crippen molar-refractivity contribution in [1.82, 2.24) is 5.32 Å². The molecule has 110 valence electrons. The number of hydrogen-bond acceptors (Lipinski definition) is 2. The maximum atomic E-state index is 12.3. The van der Waals surface area contributed by atoms with Gasteiger partial charge in [-0.3, -0.25) is 4.79 Å². The van der Waals surface area contributed by atoms with Gasteiger partial charge in [-0.25, -0.2) is 0 Å². The molecule has 0 aliphatic carbocycles. The molecule has 1 unspecified atom stereocenters. The molecule has 0 aliphatic heterocycles. The summed E-state index contributed by atoms with van der Waals surface area (Å²) in [7, 11) is 0. The first-order valence-corrected chi connectivity index (χ1v) is 7.96. The molecule has 0 radical (unpaired) electrons. The van der Waals surface area contributed by atoms with Crippen LogP contribution in [0.1, 0.15) is 31.1 Å². The molecule has 0 aliphatic rings. The molecule has 0 fully saturated rings. The number of carbonyl (C=O) groups excluding carboxylic acids is 1. The Hall–Kier alpha value is -1.74. The van der Waals surface area contributed by atoms with Crippen molar-refractivity contribution < 1.29 is 4.79 Å². The van der Waals surface area contributed by atoms with E-state index in [1.807, 2.05) is 48.5 Å². The van der Waals surface area contributed by atoms with Gasteiger partial charge in [0.05, 0.1) is 0 Å². The number of carbonyl (C=O) groups is 1. The molecule has 21 heavy (non-hydrogen) atoms. The summed E-state index contributed by atoms with van der Waals surface area (Å²) in [5.41, 5.74) is 0.399. The Kier molecular flexibility index (Phi) is 5.07. The van der Waals surface area contributed by atoms with Gasteiger partial charge >= 0.3 is 0 Å². The minimum Gasteiger partial charge on any atom is -0.346 e. The predicted molar refractivity (Wildman–Crippen MR) is 89.7 cm³/mol. The van der Waals surface area contributed by atoms with E-state index in [0.29, 0.717) is 5.56 Å². The van der Waals surface area contributed by atoms with Crippen molar-refractivity contribution in [3.63, 3.8) is 0 Å². The first-order valence-electron chi connectivity index (χ1n) is 7.08. The van der Waals surface area contributed by atoms with Crippen molar-refractivity contribution in [2.24, 2.45) is 0 Å². The van der Waals surface area contributed by atoms with Gasteiger partial charge in [0.2, 0.25) is 0 Å². The maximum absolute atomic E-state index is 12.3. The Morgan fingerprint density at radius 1 is 1.00 bits per heavy atom. The van der Waals surface area contributed by atoms with Crippen LogP contribution < -0.4 is 5.32 Å². The van der Waals surface area contributed by atoms with Gasteiger partial charge in [-0.2, -0.15) is 0 Å². The number of rotatable bonds is 5. The van der Waals surface area contributed by atoms with E-state index in [2.05, 4.69) is 38.2 Å². The number of benzene rings is 2. The minimum atomic E-state index is -0.298. The number of thioether (sulfide) groups is 1. The molecule has 1 N–H and O–H groups in total. The summed E-state index contributed by atoms with van der Waals surface area (Å²) in [6.45, 7) is 6.27. The summed E-state index contributed by atoms with van der Waals surface area (Å²) in [6.07, 6.45) is 0. The molecule has 2 aromatic carbocycles. The van der Waals surface area contributed by atoms with E-state index in [1.54, 1.807) is 11.8 Å². The molecule has 0 spiro atoms. The molecule has 0 bridgehead atoms. The van der Waals surface area contributed by atoms with E-state index in [1.165, 1.54) is 4.90 Å². The van der Waals surface area contributed by atoms with Crippen molar-refractivity contribution in [3.05, 3.63) is 66.2 Å². The lowest BCUT2D eigenvalue weighted by atomic mass is 10.0. The van der Waals surface area contributed by atoms with E-state index < -0.39 is 0 Å². The topological polar surface area (TPSA) is 29.1 Å². The zero-order valence-electron chi connectivity index (χ0n) is 12.7. The van der Waals surface area contributed by atoms with Crippen LogP contribution in [0.4, 0.5) is 0 Å². The normalized spacial score (nSPS) is 12.7. The summed E-state index contributed by atoms with van der Waals surface area (Å²) in [6, 6.07) is 19.6. The highest BCUT2D eigenvalue weighted by Gasteiger charge is 2.28. The number of nitrogens with one attached hydrogen (secondary N) is 1. The van der Waals surface area contributed by atoms with Gasteiger partial charge in [0.1, 0.15) is 0 Å². The van der Waals surface area contributed by atoms with Crippen LogP contribution in [0, 0.1) is 0 Å². The average molecular weight is 299 g/mol. The SMILES string of the molecule is CC(Sc1ccccc1)C(C)(C)NC(=O)c1ccccc1. The average Bonchev–Trinajstić information content (AvgIpc) is 2.48. The lowest BCUT2D eigenvalue weighted by Gasteiger charge is -2.32. The van der Waals surface area contributed by atoms with Crippen LogP contribution in [0.3, 0.4) is 0 Å². The summed E-state index contributed by atoms with van der Waals surface area (Å²) in [4.78, 5) is 13.5. The molecule has 1 amide bonds. The minimum absolute atomic E-state index is 0.0267. The molecule has 2 aromatic rings. The first-order chi connectivity index (χ1) is 9.99. The van der Waals surface area contributed by atoms with Crippen LogP contribution in [0.2, 0.25) is 0 Å². The fourth-order valence-corrected chi connectivity index (χ4v) is 2.98. The quantitative estimate of drug-likeness (QED) is 0.830. The standard InChI is InChI=1S/C18H21NOS/c1-14(21-16-12-8-5-9-13-16)18(2,3)19-17(20)15-10-6-4-7-11-15/h4-14H,1-3H3,(H,19,20). The Bertz CT molecular complexity index is 581. The van der Waals surface area contributed by atoms with Gasteiger partial charge in [-0.1, -0.05) is 43.3 Å². The molecular formula is C18H21NOS. The highest BCUT2D eigenvalue weighted by Crippen LogP contribution is 2.30. The Labute approximate surface area is 131 Å². The van der Waals surface area contributed by atoms with E-state index in [4.69, 9.17) is 0 Å². The second-order valence-electron chi connectivity index (χ2n) is 5.61. The smallest absolute Gasteiger partial charge is 0.251 e. The van der Waals surface area contributed by atoms with Crippen LogP contribution in [0.5, 0.6) is 0 Å². The highest BCUT2D eigenvalue weighted by atomic mass is 32.2. The van der Waals surface area contributed by atoms with Gasteiger partial charge in [0.15, 0.2) is 0 Å². The Morgan fingerprint density at radius 3 is 2.10 bits per heavy atom. The molecule has 0 saturated heterocycles. The number of hydrogen-bond donors (Lipinski definition) is 1. The Morgan fingerprint density at radius 2 is 1.52 bits per heavy atom. The lowest BCUT2D eigenvalue weighted by Crippen LogP contribution is -2.49. The van der Waals surface area contributed by atoms with Gasteiger partial charge in [0, 0.05) is 21.2 Å². The third-order valence-corrected chi connectivity index (χ3v) is 5.03. The summed E-state index contributed by atoms with van der Waals surface area (Å²) < 4.78 is 0. The molecular weight excluding hydrogens is 278 g/mol. The van der Waals surface area contributed by atoms with Gasteiger partial charge in [-0.15, -0.1) is 11.8 Å². The summed E-state index contributed by atoms with van der Waals surface area (Å²) in [5.74, 6) is -0.0267. The van der Waals surface area contributed by atoms with Crippen molar-refractivity contribution in [2.45, 2.75) is 36.5 Å². The van der Waals surface area contributed by atoms with Gasteiger partial charge in [-0.05, 0) is 38.1 Å². The van der Waals surface area contributed by atoms with Crippen molar-refractivity contribution >= 4 is 17.7 Å². The Balaban J connectivity index is 2.02. The molecule has 0 aromatic heterocycles. The van der Waals surface area contributed by atoms with Crippen LogP contribution in [-0.2, 0) is 0 Å². The molecule has 2 rings (SSSR count). The molecule has 3 heteroatoms. The van der Waals surface area contributed by atoms with Crippen LogP contribution >= 0.6 is 11.8 Å². The van der Waals surface area contributed by atoms with E-state index in [-0.39, 0.29) is 16.7 Å². The zero-order chi connectivity index (χ0) is 15.3. The third-order valence-electron chi connectivity index (χ3n) is 3.54. The van der Waals surface area contributed by atoms with E-state index in [9.17, 15) is 4.79 Å². The van der Waals surface area contributed by atoms with Crippen LogP contribution in [0.15, 0.2) is 65.6 Å². The van der Waals surface area contributed by atoms with Crippen molar-refractivity contribution in [3.8, 4) is 0 Å². The maximum Gasteiger partial charge on any atom is 0.251 e. The molecule has 0 heterocycles. The predicted octanol–water partition coefficient (Wildman–Crippen LogP) is 4.38. The van der Waals surface area contributed by atoms with Crippen molar-refractivity contribution in [2.75, 3.05) is 0 Å². The van der Waals surface area contributed by atoms with Crippen LogP contribution in [-0.4, -0.2) is 16.7 Å². The first kappa shape index (κ1) is 15.6. The van der Waals surface area contributed by atoms with E-state index in [0.717, 1.165) is 0 Å². The lowest BCUT2D eigenvalue weighted by molar-refractivity contribution is 0.0913. The molecule has 2 nitrogen and oxygen atoms in total. The number of amides is 1. The highest BCUT2D eigenvalue weighted by molar-refractivity contribution is 8.00. The largest absolute Gasteiger partial charge is 0.346 e. The van der Waals surface area contributed by atoms with Gasteiger partial charge in [0.25, 0.3) is 5.91 Å². The van der Waals surface area contributed by atoms with Crippen LogP contribution in [0.25, 0.3) is 0 Å². The summed E-state index contributed by atoms with van der Waals surface area (Å²) in [5, 5.41) is 3.39. The zero-order valence-corrected chi connectivity index (χ0v) is 13.5. The van der Waals surface area contributed by atoms with Crippen molar-refractivity contribution in [1.29, 1.82) is 0 Å². The second-order valence-corrected chi connectivity index (χ2v) is 7.03. The monoisotopic (exact) mass is 299 g/mol. The fourth-order valence-electron chi connectivity index (χ4n) is 1.91. The molecule has 0 saturated carbocycles. The molecule has 1 atom stereocenters.